The Morgan fingerprint density at radius 2 is 2.06 bits per heavy atom. The molecule has 0 amide bonds. The Kier molecular flexibility index (Phi) is 3.64. The molecule has 88 valence electrons. The molecule has 0 aromatic heterocycles. The molecular formula is C10H11FO4S. The minimum absolute atomic E-state index is 0.0799. The van der Waals surface area contributed by atoms with Crippen molar-refractivity contribution in [2.45, 2.75) is 12.7 Å². The number of hydrogen-bond donors (Lipinski definition) is 1. The summed E-state index contributed by atoms with van der Waals surface area (Å²) in [5.74, 6) is -2.50. The number of carbonyl (C=O) groups is 1. The van der Waals surface area contributed by atoms with E-state index >= 15 is 0 Å². The van der Waals surface area contributed by atoms with Crippen molar-refractivity contribution in [1.82, 2.24) is 0 Å². The Bertz CT molecular complexity index is 508. The summed E-state index contributed by atoms with van der Waals surface area (Å²) in [4.78, 5) is 10.8. The molecule has 0 atom stereocenters. The van der Waals surface area contributed by atoms with Gasteiger partial charge in [-0.2, -0.15) is 0 Å². The first kappa shape index (κ1) is 12.6. The van der Waals surface area contributed by atoms with E-state index in [1.807, 2.05) is 0 Å². The summed E-state index contributed by atoms with van der Waals surface area (Å²) in [5.41, 5.74) is -0.201. The largest absolute Gasteiger partial charge is 0.478 e. The van der Waals surface area contributed by atoms with Gasteiger partial charge in [0.2, 0.25) is 0 Å². The maximum absolute atomic E-state index is 12.8. The molecule has 6 heteroatoms. The summed E-state index contributed by atoms with van der Waals surface area (Å²) in [6, 6.07) is 3.06. The molecule has 0 unspecified atom stereocenters. The van der Waals surface area contributed by atoms with Crippen LogP contribution in [0.3, 0.4) is 0 Å². The molecular weight excluding hydrogens is 235 g/mol. The van der Waals surface area contributed by atoms with Gasteiger partial charge in [0.25, 0.3) is 0 Å². The van der Waals surface area contributed by atoms with Crippen LogP contribution in [0.15, 0.2) is 18.2 Å². The molecule has 1 aromatic rings. The minimum atomic E-state index is -3.33. The molecule has 16 heavy (non-hydrogen) atoms. The lowest BCUT2D eigenvalue weighted by Crippen LogP contribution is -2.11. The second-order valence-corrected chi connectivity index (χ2v) is 5.64. The number of halogens is 1. The van der Waals surface area contributed by atoms with E-state index in [1.165, 1.54) is 13.0 Å². The Labute approximate surface area is 92.6 Å². The number of aromatic carboxylic acids is 1. The number of hydrogen-bond acceptors (Lipinski definition) is 3. The summed E-state index contributed by atoms with van der Waals surface area (Å²) in [6.45, 7) is 1.47. The molecule has 0 radical (unpaired) electrons. The van der Waals surface area contributed by atoms with Crippen LogP contribution in [-0.4, -0.2) is 25.2 Å². The zero-order chi connectivity index (χ0) is 12.3. The van der Waals surface area contributed by atoms with Crippen molar-refractivity contribution in [1.29, 1.82) is 0 Å². The minimum Gasteiger partial charge on any atom is -0.478 e. The third-order valence-corrected chi connectivity index (χ3v) is 3.75. The van der Waals surface area contributed by atoms with Gasteiger partial charge in [0.05, 0.1) is 11.3 Å². The first-order valence-electron chi connectivity index (χ1n) is 4.58. The number of carboxylic acid groups (broad SMARTS) is 1. The SMILES string of the molecule is CCS(=O)(=O)Cc1ccc(F)cc1C(=O)O. The predicted molar refractivity (Wildman–Crippen MR) is 56.5 cm³/mol. The van der Waals surface area contributed by atoms with Crippen molar-refractivity contribution in [2.75, 3.05) is 5.75 Å². The monoisotopic (exact) mass is 246 g/mol. The highest BCUT2D eigenvalue weighted by atomic mass is 32.2. The van der Waals surface area contributed by atoms with Crippen LogP contribution in [0.5, 0.6) is 0 Å². The van der Waals surface area contributed by atoms with Gasteiger partial charge < -0.3 is 5.11 Å². The number of rotatable bonds is 4. The van der Waals surface area contributed by atoms with Crippen LogP contribution in [0.4, 0.5) is 4.39 Å². The third kappa shape index (κ3) is 3.03. The molecule has 0 saturated carbocycles. The van der Waals surface area contributed by atoms with Gasteiger partial charge in [-0.25, -0.2) is 17.6 Å². The Hall–Kier alpha value is -1.43. The van der Waals surface area contributed by atoms with Crippen LogP contribution in [0.2, 0.25) is 0 Å². The average Bonchev–Trinajstić information content (AvgIpc) is 2.20. The fraction of sp³-hybridized carbons (Fsp3) is 0.300. The van der Waals surface area contributed by atoms with E-state index in [0.29, 0.717) is 0 Å². The highest BCUT2D eigenvalue weighted by Gasteiger charge is 2.16. The third-order valence-electron chi connectivity index (χ3n) is 2.12. The van der Waals surface area contributed by atoms with E-state index in [9.17, 15) is 17.6 Å². The molecule has 1 aromatic carbocycles. The zero-order valence-corrected chi connectivity index (χ0v) is 9.42. The molecule has 0 aliphatic heterocycles. The Morgan fingerprint density at radius 1 is 1.44 bits per heavy atom. The Balaban J connectivity index is 3.19. The normalized spacial score (nSPS) is 11.4. The van der Waals surface area contributed by atoms with Crippen molar-refractivity contribution in [2.24, 2.45) is 0 Å². The zero-order valence-electron chi connectivity index (χ0n) is 8.60. The van der Waals surface area contributed by atoms with Gasteiger partial charge in [0.1, 0.15) is 5.82 Å². The van der Waals surface area contributed by atoms with Gasteiger partial charge in [0, 0.05) is 5.75 Å². The topological polar surface area (TPSA) is 71.4 Å². The first-order chi connectivity index (χ1) is 7.35. The van der Waals surface area contributed by atoms with E-state index in [0.717, 1.165) is 12.1 Å². The number of benzene rings is 1. The molecule has 4 nitrogen and oxygen atoms in total. The van der Waals surface area contributed by atoms with Crippen molar-refractivity contribution in [3.63, 3.8) is 0 Å². The van der Waals surface area contributed by atoms with E-state index in [4.69, 9.17) is 5.11 Å². The quantitative estimate of drug-likeness (QED) is 0.873. The average molecular weight is 246 g/mol. The van der Waals surface area contributed by atoms with Crippen LogP contribution >= 0.6 is 0 Å². The molecule has 0 saturated heterocycles. The van der Waals surface area contributed by atoms with Crippen LogP contribution in [0.1, 0.15) is 22.8 Å². The lowest BCUT2D eigenvalue weighted by atomic mass is 10.1. The summed E-state index contributed by atoms with van der Waals surface area (Å²) in [7, 11) is -3.33. The molecule has 0 fully saturated rings. The predicted octanol–water partition coefficient (Wildman–Crippen LogP) is 1.46. The van der Waals surface area contributed by atoms with Gasteiger partial charge >= 0.3 is 5.97 Å². The lowest BCUT2D eigenvalue weighted by molar-refractivity contribution is 0.0695. The second kappa shape index (κ2) is 4.61. The van der Waals surface area contributed by atoms with E-state index in [2.05, 4.69) is 0 Å². The number of sulfone groups is 1. The van der Waals surface area contributed by atoms with Crippen molar-refractivity contribution >= 4 is 15.8 Å². The van der Waals surface area contributed by atoms with E-state index in [1.54, 1.807) is 0 Å². The maximum atomic E-state index is 12.8. The van der Waals surface area contributed by atoms with Crippen LogP contribution in [0, 0.1) is 5.82 Å². The maximum Gasteiger partial charge on any atom is 0.336 e. The molecule has 1 N–H and O–H groups in total. The molecule has 0 heterocycles. The van der Waals surface area contributed by atoms with Crippen molar-refractivity contribution in [3.8, 4) is 0 Å². The molecule has 0 aliphatic carbocycles. The van der Waals surface area contributed by atoms with Gasteiger partial charge in [-0.05, 0) is 17.7 Å². The fourth-order valence-corrected chi connectivity index (χ4v) is 2.14. The molecule has 0 bridgehead atoms. The number of carboxylic acids is 1. The smallest absolute Gasteiger partial charge is 0.336 e. The Morgan fingerprint density at radius 3 is 2.56 bits per heavy atom. The highest BCUT2D eigenvalue weighted by molar-refractivity contribution is 7.90. The summed E-state index contributed by atoms with van der Waals surface area (Å²) < 4.78 is 35.5. The standard InChI is InChI=1S/C10H11FO4S/c1-2-16(14,15)6-7-3-4-8(11)5-9(7)10(12)13/h3-5H,2,6H2,1H3,(H,12,13). The van der Waals surface area contributed by atoms with E-state index in [-0.39, 0.29) is 22.6 Å². The van der Waals surface area contributed by atoms with Gasteiger partial charge in [-0.3, -0.25) is 0 Å². The van der Waals surface area contributed by atoms with Gasteiger partial charge in [-0.1, -0.05) is 13.0 Å². The van der Waals surface area contributed by atoms with Crippen molar-refractivity contribution in [3.05, 3.63) is 35.1 Å². The van der Waals surface area contributed by atoms with Crippen LogP contribution < -0.4 is 0 Å². The van der Waals surface area contributed by atoms with Crippen LogP contribution in [-0.2, 0) is 15.6 Å². The summed E-state index contributed by atoms with van der Waals surface area (Å²) in [6.07, 6.45) is 0. The van der Waals surface area contributed by atoms with Gasteiger partial charge in [0.15, 0.2) is 9.84 Å². The molecule has 0 aliphatic rings. The second-order valence-electron chi connectivity index (χ2n) is 3.28. The highest BCUT2D eigenvalue weighted by Crippen LogP contribution is 2.15. The van der Waals surface area contributed by atoms with Gasteiger partial charge in [-0.15, -0.1) is 0 Å². The first-order valence-corrected chi connectivity index (χ1v) is 6.40. The van der Waals surface area contributed by atoms with Crippen molar-refractivity contribution < 1.29 is 22.7 Å². The summed E-state index contributed by atoms with van der Waals surface area (Å²) in [5, 5.41) is 8.80. The lowest BCUT2D eigenvalue weighted by Gasteiger charge is -2.05. The molecule has 1 rings (SSSR count). The molecule has 0 spiro atoms. The fourth-order valence-electron chi connectivity index (χ4n) is 1.21. The summed E-state index contributed by atoms with van der Waals surface area (Å²) >= 11 is 0. The van der Waals surface area contributed by atoms with Crippen LogP contribution in [0.25, 0.3) is 0 Å². The van der Waals surface area contributed by atoms with E-state index < -0.39 is 21.6 Å².